The third kappa shape index (κ3) is 3.07. The Labute approximate surface area is 86.0 Å². The monoisotopic (exact) mass is 193 g/mol. The SMILES string of the molecule is CCNCCC(C)(C)c1cncnc1. The predicted octanol–water partition coefficient (Wildman–Crippen LogP) is 1.75. The normalized spacial score (nSPS) is 11.6. The molecule has 0 atom stereocenters. The van der Waals surface area contributed by atoms with Crippen molar-refractivity contribution in [2.75, 3.05) is 13.1 Å². The number of hydrogen-bond acceptors (Lipinski definition) is 3. The van der Waals surface area contributed by atoms with E-state index in [1.165, 1.54) is 5.56 Å². The van der Waals surface area contributed by atoms with Gasteiger partial charge in [-0.2, -0.15) is 0 Å². The van der Waals surface area contributed by atoms with Crippen molar-refractivity contribution < 1.29 is 0 Å². The number of hydrogen-bond donors (Lipinski definition) is 1. The lowest BCUT2D eigenvalue weighted by Gasteiger charge is -2.24. The summed E-state index contributed by atoms with van der Waals surface area (Å²) in [6.45, 7) is 8.64. The van der Waals surface area contributed by atoms with Crippen LogP contribution in [0.4, 0.5) is 0 Å². The van der Waals surface area contributed by atoms with E-state index in [1.54, 1.807) is 6.33 Å². The molecule has 0 radical (unpaired) electrons. The summed E-state index contributed by atoms with van der Waals surface area (Å²) in [6, 6.07) is 0. The minimum Gasteiger partial charge on any atom is -0.317 e. The second kappa shape index (κ2) is 5.05. The van der Waals surface area contributed by atoms with Crippen molar-refractivity contribution >= 4 is 0 Å². The first-order valence-corrected chi connectivity index (χ1v) is 5.13. The van der Waals surface area contributed by atoms with E-state index in [-0.39, 0.29) is 5.41 Å². The second-order valence-corrected chi connectivity index (χ2v) is 4.11. The van der Waals surface area contributed by atoms with E-state index < -0.39 is 0 Å². The molecule has 1 aromatic rings. The smallest absolute Gasteiger partial charge is 0.115 e. The molecule has 0 saturated heterocycles. The van der Waals surface area contributed by atoms with Gasteiger partial charge < -0.3 is 5.32 Å². The van der Waals surface area contributed by atoms with Crippen LogP contribution < -0.4 is 5.32 Å². The van der Waals surface area contributed by atoms with E-state index in [2.05, 4.69) is 36.1 Å². The Morgan fingerprint density at radius 1 is 1.29 bits per heavy atom. The van der Waals surface area contributed by atoms with Gasteiger partial charge in [0, 0.05) is 12.4 Å². The molecule has 0 amide bonds. The molecule has 0 aliphatic rings. The van der Waals surface area contributed by atoms with Gasteiger partial charge in [-0.05, 0) is 30.5 Å². The van der Waals surface area contributed by atoms with Gasteiger partial charge in [-0.15, -0.1) is 0 Å². The molecule has 1 heterocycles. The Balaban J connectivity index is 2.56. The van der Waals surface area contributed by atoms with Gasteiger partial charge in [-0.1, -0.05) is 20.8 Å². The topological polar surface area (TPSA) is 37.8 Å². The zero-order valence-electron chi connectivity index (χ0n) is 9.25. The molecule has 1 N–H and O–H groups in total. The third-order valence-electron chi connectivity index (χ3n) is 2.52. The van der Waals surface area contributed by atoms with Crippen molar-refractivity contribution in [1.82, 2.24) is 15.3 Å². The van der Waals surface area contributed by atoms with E-state index in [1.807, 2.05) is 12.4 Å². The Bertz CT molecular complexity index is 256. The van der Waals surface area contributed by atoms with E-state index in [4.69, 9.17) is 0 Å². The minimum atomic E-state index is 0.156. The maximum Gasteiger partial charge on any atom is 0.115 e. The first-order valence-electron chi connectivity index (χ1n) is 5.13. The lowest BCUT2D eigenvalue weighted by molar-refractivity contribution is 0.458. The van der Waals surface area contributed by atoms with Gasteiger partial charge in [0.05, 0.1) is 0 Å². The molecule has 0 unspecified atom stereocenters. The molecule has 0 aliphatic carbocycles. The van der Waals surface area contributed by atoms with Crippen LogP contribution in [0.25, 0.3) is 0 Å². The molecule has 3 nitrogen and oxygen atoms in total. The molecule has 0 bridgehead atoms. The number of aromatic nitrogens is 2. The quantitative estimate of drug-likeness (QED) is 0.724. The highest BCUT2D eigenvalue weighted by Crippen LogP contribution is 2.24. The van der Waals surface area contributed by atoms with Crippen molar-refractivity contribution in [2.45, 2.75) is 32.6 Å². The Morgan fingerprint density at radius 3 is 2.50 bits per heavy atom. The summed E-state index contributed by atoms with van der Waals surface area (Å²) in [5.74, 6) is 0. The largest absolute Gasteiger partial charge is 0.317 e. The fourth-order valence-electron chi connectivity index (χ4n) is 1.37. The molecule has 0 saturated carbocycles. The molecular formula is C11H19N3. The fraction of sp³-hybridized carbons (Fsp3) is 0.636. The first-order chi connectivity index (χ1) is 6.67. The zero-order chi connectivity index (χ0) is 10.4. The second-order valence-electron chi connectivity index (χ2n) is 4.11. The minimum absolute atomic E-state index is 0.156. The molecule has 0 aliphatic heterocycles. The molecule has 78 valence electrons. The molecule has 0 fully saturated rings. The lowest BCUT2D eigenvalue weighted by atomic mass is 9.83. The highest BCUT2D eigenvalue weighted by atomic mass is 14.8. The summed E-state index contributed by atoms with van der Waals surface area (Å²) in [7, 11) is 0. The van der Waals surface area contributed by atoms with Crippen molar-refractivity contribution in [3.63, 3.8) is 0 Å². The zero-order valence-corrected chi connectivity index (χ0v) is 9.25. The highest BCUT2D eigenvalue weighted by Gasteiger charge is 2.20. The molecule has 0 spiro atoms. The van der Waals surface area contributed by atoms with Crippen LogP contribution in [0.2, 0.25) is 0 Å². The van der Waals surface area contributed by atoms with Gasteiger partial charge in [0.15, 0.2) is 0 Å². The van der Waals surface area contributed by atoms with Crippen LogP contribution in [0.5, 0.6) is 0 Å². The number of nitrogens with zero attached hydrogens (tertiary/aromatic N) is 2. The van der Waals surface area contributed by atoms with E-state index in [0.717, 1.165) is 19.5 Å². The molecular weight excluding hydrogens is 174 g/mol. The van der Waals surface area contributed by atoms with Crippen molar-refractivity contribution in [2.24, 2.45) is 0 Å². The Morgan fingerprint density at radius 2 is 1.93 bits per heavy atom. The Kier molecular flexibility index (Phi) is 4.01. The van der Waals surface area contributed by atoms with Crippen LogP contribution in [-0.2, 0) is 5.41 Å². The highest BCUT2D eigenvalue weighted by molar-refractivity contribution is 5.15. The average Bonchev–Trinajstić information content (AvgIpc) is 2.19. The van der Waals surface area contributed by atoms with Crippen LogP contribution in [0, 0.1) is 0 Å². The van der Waals surface area contributed by atoms with Gasteiger partial charge in [-0.3, -0.25) is 0 Å². The Hall–Kier alpha value is -0.960. The summed E-state index contributed by atoms with van der Waals surface area (Å²) < 4.78 is 0. The maximum absolute atomic E-state index is 4.05. The third-order valence-corrected chi connectivity index (χ3v) is 2.52. The summed E-state index contributed by atoms with van der Waals surface area (Å²) in [5, 5.41) is 3.33. The van der Waals surface area contributed by atoms with Gasteiger partial charge in [0.1, 0.15) is 6.33 Å². The summed E-state index contributed by atoms with van der Waals surface area (Å²) in [6.07, 6.45) is 6.48. The van der Waals surface area contributed by atoms with Crippen LogP contribution in [-0.4, -0.2) is 23.1 Å². The van der Waals surface area contributed by atoms with Crippen LogP contribution in [0.1, 0.15) is 32.8 Å². The molecule has 3 heteroatoms. The van der Waals surface area contributed by atoms with Gasteiger partial charge in [0.2, 0.25) is 0 Å². The maximum atomic E-state index is 4.05. The van der Waals surface area contributed by atoms with Crippen molar-refractivity contribution in [1.29, 1.82) is 0 Å². The van der Waals surface area contributed by atoms with Crippen LogP contribution in [0.3, 0.4) is 0 Å². The van der Waals surface area contributed by atoms with Crippen LogP contribution in [0.15, 0.2) is 18.7 Å². The van der Waals surface area contributed by atoms with E-state index >= 15 is 0 Å². The van der Waals surface area contributed by atoms with E-state index in [0.29, 0.717) is 0 Å². The van der Waals surface area contributed by atoms with Crippen LogP contribution >= 0.6 is 0 Å². The molecule has 1 rings (SSSR count). The van der Waals surface area contributed by atoms with Gasteiger partial charge in [-0.25, -0.2) is 9.97 Å². The first kappa shape index (κ1) is 11.1. The average molecular weight is 193 g/mol. The van der Waals surface area contributed by atoms with Gasteiger partial charge >= 0.3 is 0 Å². The standard InChI is InChI=1S/C11H19N3/c1-4-12-6-5-11(2,3)10-7-13-9-14-8-10/h7-9,12H,4-6H2,1-3H3. The number of rotatable bonds is 5. The lowest BCUT2D eigenvalue weighted by Crippen LogP contribution is -2.25. The van der Waals surface area contributed by atoms with E-state index in [9.17, 15) is 0 Å². The summed E-state index contributed by atoms with van der Waals surface area (Å²) in [5.41, 5.74) is 1.36. The molecule has 1 aromatic heterocycles. The fourth-order valence-corrected chi connectivity index (χ4v) is 1.37. The summed E-state index contributed by atoms with van der Waals surface area (Å²) in [4.78, 5) is 8.10. The number of nitrogens with one attached hydrogen (secondary N) is 1. The predicted molar refractivity (Wildman–Crippen MR) is 58.2 cm³/mol. The van der Waals surface area contributed by atoms with Crippen molar-refractivity contribution in [3.8, 4) is 0 Å². The molecule has 0 aromatic carbocycles. The summed E-state index contributed by atoms with van der Waals surface area (Å²) >= 11 is 0. The molecule has 14 heavy (non-hydrogen) atoms. The van der Waals surface area contributed by atoms with Crippen molar-refractivity contribution in [3.05, 3.63) is 24.3 Å². The van der Waals surface area contributed by atoms with Gasteiger partial charge in [0.25, 0.3) is 0 Å².